The highest BCUT2D eigenvalue weighted by atomic mass is 79.9. The van der Waals surface area contributed by atoms with Crippen LogP contribution in [0.15, 0.2) is 10.5 Å². The highest BCUT2D eigenvalue weighted by Crippen LogP contribution is 2.36. The fourth-order valence-corrected chi connectivity index (χ4v) is 2.31. The second kappa shape index (κ2) is 6.38. The quantitative estimate of drug-likeness (QED) is 0.844. The summed E-state index contributed by atoms with van der Waals surface area (Å²) >= 11 is 3.60. The summed E-state index contributed by atoms with van der Waals surface area (Å²) in [5.74, 6) is 1.37. The van der Waals surface area contributed by atoms with Crippen molar-refractivity contribution in [2.75, 3.05) is 14.2 Å². The lowest BCUT2D eigenvalue weighted by Gasteiger charge is -2.19. The van der Waals surface area contributed by atoms with Crippen LogP contribution >= 0.6 is 15.9 Å². The second-order valence-electron chi connectivity index (χ2n) is 4.26. The van der Waals surface area contributed by atoms with E-state index < -0.39 is 0 Å². The van der Waals surface area contributed by atoms with Gasteiger partial charge < -0.3 is 9.57 Å². The Balaban J connectivity index is 3.31. The fraction of sp³-hybridized carbons (Fsp3) is 0.538. The van der Waals surface area contributed by atoms with Crippen LogP contribution in [0, 0.1) is 6.92 Å². The van der Waals surface area contributed by atoms with Gasteiger partial charge in [0.1, 0.15) is 5.75 Å². The largest absolute Gasteiger partial charge is 0.496 e. The molecule has 0 aliphatic heterocycles. The molecule has 0 radical (unpaired) electrons. The van der Waals surface area contributed by atoms with Crippen molar-refractivity contribution in [1.29, 1.82) is 0 Å². The molecule has 0 amide bonds. The predicted octanol–water partition coefficient (Wildman–Crippen LogP) is 3.54. The molecule has 0 aliphatic carbocycles. The molecule has 0 aliphatic rings. The van der Waals surface area contributed by atoms with E-state index in [9.17, 15) is 0 Å². The maximum absolute atomic E-state index is 5.55. The average molecular weight is 302 g/mol. The van der Waals surface area contributed by atoms with E-state index in [-0.39, 0.29) is 0 Å². The summed E-state index contributed by atoms with van der Waals surface area (Å²) in [6.07, 6.45) is 0. The van der Waals surface area contributed by atoms with Crippen LogP contribution < -0.4 is 10.2 Å². The Kier molecular flexibility index (Phi) is 5.43. The molecule has 0 saturated carbocycles. The standard InChI is InChI=1S/C13H20BrNO2/c1-8(2)10-6-12(14)9(3)11(7-15-17-5)13(10)16-4/h6,8,15H,7H2,1-5H3. The van der Waals surface area contributed by atoms with Crippen LogP contribution in [0.2, 0.25) is 0 Å². The molecule has 0 bridgehead atoms. The molecule has 0 atom stereocenters. The van der Waals surface area contributed by atoms with Crippen LogP contribution in [-0.2, 0) is 11.4 Å². The summed E-state index contributed by atoms with van der Waals surface area (Å²) in [4.78, 5) is 4.92. The first kappa shape index (κ1) is 14.5. The van der Waals surface area contributed by atoms with Gasteiger partial charge in [-0.25, -0.2) is 0 Å². The zero-order valence-corrected chi connectivity index (χ0v) is 12.6. The van der Waals surface area contributed by atoms with Crippen molar-refractivity contribution in [3.63, 3.8) is 0 Å². The highest BCUT2D eigenvalue weighted by molar-refractivity contribution is 9.10. The molecule has 1 aromatic rings. The van der Waals surface area contributed by atoms with Crippen LogP contribution in [-0.4, -0.2) is 14.2 Å². The Morgan fingerprint density at radius 1 is 1.35 bits per heavy atom. The van der Waals surface area contributed by atoms with Crippen LogP contribution in [0.3, 0.4) is 0 Å². The first-order valence-electron chi connectivity index (χ1n) is 5.64. The van der Waals surface area contributed by atoms with Gasteiger partial charge in [-0.05, 0) is 30.0 Å². The first-order chi connectivity index (χ1) is 8.02. The molecule has 0 saturated heterocycles. The van der Waals surface area contributed by atoms with Crippen LogP contribution in [0.4, 0.5) is 0 Å². The summed E-state index contributed by atoms with van der Waals surface area (Å²) in [7, 11) is 3.33. The second-order valence-corrected chi connectivity index (χ2v) is 5.12. The minimum absolute atomic E-state index is 0.420. The SMILES string of the molecule is CONCc1c(C)c(Br)cc(C(C)C)c1OC. The predicted molar refractivity (Wildman–Crippen MR) is 73.4 cm³/mol. The Morgan fingerprint density at radius 3 is 2.47 bits per heavy atom. The van der Waals surface area contributed by atoms with Gasteiger partial charge in [-0.3, -0.25) is 0 Å². The van der Waals surface area contributed by atoms with E-state index in [1.165, 1.54) is 11.1 Å². The zero-order chi connectivity index (χ0) is 13.0. The molecule has 0 unspecified atom stereocenters. The van der Waals surface area contributed by atoms with Gasteiger partial charge in [-0.2, -0.15) is 5.48 Å². The summed E-state index contributed by atoms with van der Waals surface area (Å²) < 4.78 is 6.66. The number of benzene rings is 1. The normalized spacial score (nSPS) is 11.0. The van der Waals surface area contributed by atoms with Crippen molar-refractivity contribution in [2.45, 2.75) is 33.2 Å². The molecule has 3 nitrogen and oxygen atoms in total. The van der Waals surface area contributed by atoms with Gasteiger partial charge in [0, 0.05) is 16.6 Å². The summed E-state index contributed by atoms with van der Waals surface area (Å²) in [6, 6.07) is 2.13. The van der Waals surface area contributed by atoms with Gasteiger partial charge >= 0.3 is 0 Å². The van der Waals surface area contributed by atoms with Crippen molar-refractivity contribution in [1.82, 2.24) is 5.48 Å². The molecule has 0 aromatic heterocycles. The Hall–Kier alpha value is -0.580. The van der Waals surface area contributed by atoms with E-state index in [4.69, 9.17) is 9.57 Å². The number of hydroxylamine groups is 1. The van der Waals surface area contributed by atoms with E-state index in [0.717, 1.165) is 15.8 Å². The third-order valence-corrected chi connectivity index (χ3v) is 3.67. The molecular weight excluding hydrogens is 282 g/mol. The molecule has 0 heterocycles. The number of hydrogen-bond donors (Lipinski definition) is 1. The molecule has 1 rings (SSSR count). The van der Waals surface area contributed by atoms with Gasteiger partial charge in [-0.1, -0.05) is 29.8 Å². The number of nitrogens with one attached hydrogen (secondary N) is 1. The molecule has 0 fully saturated rings. The number of methoxy groups -OCH3 is 1. The number of hydrogen-bond acceptors (Lipinski definition) is 3. The summed E-state index contributed by atoms with van der Waals surface area (Å²) in [5, 5.41) is 0. The molecule has 17 heavy (non-hydrogen) atoms. The van der Waals surface area contributed by atoms with Gasteiger partial charge in [0.15, 0.2) is 0 Å². The van der Waals surface area contributed by atoms with Crippen LogP contribution in [0.1, 0.15) is 36.5 Å². The lowest BCUT2D eigenvalue weighted by atomic mass is 9.96. The van der Waals surface area contributed by atoms with E-state index in [0.29, 0.717) is 12.5 Å². The molecule has 1 aromatic carbocycles. The molecule has 4 heteroatoms. The van der Waals surface area contributed by atoms with Crippen molar-refractivity contribution in [2.24, 2.45) is 0 Å². The minimum atomic E-state index is 0.420. The third-order valence-electron chi connectivity index (χ3n) is 2.85. The Morgan fingerprint density at radius 2 is 2.00 bits per heavy atom. The van der Waals surface area contributed by atoms with Gasteiger partial charge in [0.2, 0.25) is 0 Å². The zero-order valence-electron chi connectivity index (χ0n) is 11.1. The summed E-state index contributed by atoms with van der Waals surface area (Å²) in [5.41, 5.74) is 6.39. The van der Waals surface area contributed by atoms with Gasteiger partial charge in [0.05, 0.1) is 14.2 Å². The topological polar surface area (TPSA) is 30.5 Å². The van der Waals surface area contributed by atoms with Crippen molar-refractivity contribution in [3.05, 3.63) is 27.2 Å². The lowest BCUT2D eigenvalue weighted by Crippen LogP contribution is -2.14. The smallest absolute Gasteiger partial charge is 0.127 e. The monoisotopic (exact) mass is 301 g/mol. The summed E-state index contributed by atoms with van der Waals surface area (Å²) in [6.45, 7) is 7.02. The van der Waals surface area contributed by atoms with Crippen LogP contribution in [0.25, 0.3) is 0 Å². The minimum Gasteiger partial charge on any atom is -0.496 e. The molecule has 96 valence electrons. The average Bonchev–Trinajstić information content (AvgIpc) is 2.30. The van der Waals surface area contributed by atoms with Gasteiger partial charge in [-0.15, -0.1) is 0 Å². The molecular formula is C13H20BrNO2. The first-order valence-corrected chi connectivity index (χ1v) is 6.43. The number of rotatable bonds is 5. The van der Waals surface area contributed by atoms with E-state index in [1.807, 2.05) is 0 Å². The number of ether oxygens (including phenoxy) is 1. The third kappa shape index (κ3) is 3.21. The van der Waals surface area contributed by atoms with Gasteiger partial charge in [0.25, 0.3) is 0 Å². The maximum Gasteiger partial charge on any atom is 0.127 e. The van der Waals surface area contributed by atoms with Crippen molar-refractivity contribution in [3.8, 4) is 5.75 Å². The lowest BCUT2D eigenvalue weighted by molar-refractivity contribution is 0.0859. The fourth-order valence-electron chi connectivity index (χ4n) is 1.83. The Bertz CT molecular complexity index is 391. The number of halogens is 1. The molecule has 1 N–H and O–H groups in total. The van der Waals surface area contributed by atoms with Crippen LogP contribution in [0.5, 0.6) is 5.75 Å². The van der Waals surface area contributed by atoms with Crippen molar-refractivity contribution < 1.29 is 9.57 Å². The highest BCUT2D eigenvalue weighted by Gasteiger charge is 2.16. The molecule has 0 spiro atoms. The van der Waals surface area contributed by atoms with E-state index in [2.05, 4.69) is 48.2 Å². The van der Waals surface area contributed by atoms with E-state index >= 15 is 0 Å². The maximum atomic E-state index is 5.55. The Labute approximate surface area is 112 Å². The van der Waals surface area contributed by atoms with Crippen molar-refractivity contribution >= 4 is 15.9 Å². The van der Waals surface area contributed by atoms with E-state index in [1.54, 1.807) is 14.2 Å².